The maximum atomic E-state index is 12.4. The molecule has 41 heavy (non-hydrogen) atoms. The molecule has 0 aromatic heterocycles. The summed E-state index contributed by atoms with van der Waals surface area (Å²) in [5.41, 5.74) is 0.716. The van der Waals surface area contributed by atoms with Crippen molar-refractivity contribution in [3.8, 4) is 0 Å². The van der Waals surface area contributed by atoms with E-state index in [2.05, 4.69) is 10.6 Å². The Balaban J connectivity index is 2.27. The van der Waals surface area contributed by atoms with E-state index in [1.54, 1.807) is 30.3 Å². The van der Waals surface area contributed by atoms with Crippen LogP contribution in [-0.4, -0.2) is 92.9 Å². The number of nitrogens with one attached hydrogen (secondary N) is 2. The SMILES string of the molecule is COC(=O)[C@H](CN[C@@H]1O[C@H](COC(C)=O)[C@@H](OC(C)=O)[C@H](OC(C)=O)[C@H]1OC(C)=O)NC(=O)OCc1ccccc1. The molecule has 0 saturated carbocycles. The molecular weight excluding hydrogens is 548 g/mol. The summed E-state index contributed by atoms with van der Waals surface area (Å²) in [7, 11) is 1.11. The van der Waals surface area contributed by atoms with Gasteiger partial charge in [0.1, 0.15) is 31.6 Å². The van der Waals surface area contributed by atoms with E-state index < -0.39 is 79.2 Å². The van der Waals surface area contributed by atoms with E-state index in [4.69, 9.17) is 33.2 Å². The minimum absolute atomic E-state index is 0.0618. The summed E-state index contributed by atoms with van der Waals surface area (Å²) in [6, 6.07) is 7.52. The summed E-state index contributed by atoms with van der Waals surface area (Å²) in [6.45, 7) is 3.59. The third-order valence-electron chi connectivity index (χ3n) is 5.50. The predicted octanol–water partition coefficient (Wildman–Crippen LogP) is 0.127. The van der Waals surface area contributed by atoms with Crippen LogP contribution in [0.1, 0.15) is 33.3 Å². The second kappa shape index (κ2) is 16.1. The lowest BCUT2D eigenvalue weighted by atomic mass is 9.97. The number of amides is 1. The number of carbonyl (C=O) groups excluding carboxylic acids is 6. The van der Waals surface area contributed by atoms with Crippen LogP contribution in [0.4, 0.5) is 4.79 Å². The van der Waals surface area contributed by atoms with Crippen molar-refractivity contribution in [2.45, 2.75) is 71.0 Å². The Morgan fingerprint density at radius 1 is 0.805 bits per heavy atom. The first-order chi connectivity index (χ1) is 19.4. The normalized spacial score (nSPS) is 22.3. The molecule has 15 heteroatoms. The van der Waals surface area contributed by atoms with Gasteiger partial charge in [0, 0.05) is 34.2 Å². The maximum Gasteiger partial charge on any atom is 0.408 e. The molecule has 1 aliphatic rings. The van der Waals surface area contributed by atoms with Crippen LogP contribution in [0, 0.1) is 0 Å². The molecule has 1 aliphatic heterocycles. The number of benzene rings is 1. The Morgan fingerprint density at radius 2 is 1.39 bits per heavy atom. The zero-order valence-electron chi connectivity index (χ0n) is 23.3. The smallest absolute Gasteiger partial charge is 0.408 e. The van der Waals surface area contributed by atoms with Gasteiger partial charge in [0.15, 0.2) is 18.3 Å². The molecule has 1 aromatic carbocycles. The predicted molar refractivity (Wildman–Crippen MR) is 136 cm³/mol. The molecular formula is C26H34N2O13. The average molecular weight is 583 g/mol. The number of ether oxygens (including phenoxy) is 7. The highest BCUT2D eigenvalue weighted by Crippen LogP contribution is 2.28. The fourth-order valence-electron chi connectivity index (χ4n) is 3.87. The van der Waals surface area contributed by atoms with Crippen molar-refractivity contribution < 1.29 is 61.9 Å². The van der Waals surface area contributed by atoms with Crippen LogP contribution in [0.3, 0.4) is 0 Å². The van der Waals surface area contributed by atoms with Crippen LogP contribution in [0.2, 0.25) is 0 Å². The molecule has 0 aliphatic carbocycles. The number of alkyl carbamates (subject to hydrolysis) is 1. The van der Waals surface area contributed by atoms with Crippen molar-refractivity contribution in [2.75, 3.05) is 20.3 Å². The van der Waals surface area contributed by atoms with Gasteiger partial charge in [0.05, 0.1) is 7.11 Å². The minimum Gasteiger partial charge on any atom is -0.467 e. The van der Waals surface area contributed by atoms with Crippen LogP contribution < -0.4 is 10.6 Å². The molecule has 2 N–H and O–H groups in total. The molecule has 1 fully saturated rings. The number of hydrogen-bond acceptors (Lipinski definition) is 14. The van der Waals surface area contributed by atoms with Gasteiger partial charge in [-0.1, -0.05) is 30.3 Å². The molecule has 15 nitrogen and oxygen atoms in total. The van der Waals surface area contributed by atoms with E-state index in [9.17, 15) is 28.8 Å². The van der Waals surface area contributed by atoms with Gasteiger partial charge in [-0.25, -0.2) is 9.59 Å². The Bertz CT molecular complexity index is 1080. The maximum absolute atomic E-state index is 12.4. The van der Waals surface area contributed by atoms with Crippen molar-refractivity contribution in [3.63, 3.8) is 0 Å². The van der Waals surface area contributed by atoms with Gasteiger partial charge in [-0.2, -0.15) is 0 Å². The molecule has 1 amide bonds. The summed E-state index contributed by atoms with van der Waals surface area (Å²) >= 11 is 0. The summed E-state index contributed by atoms with van der Waals surface area (Å²) in [4.78, 5) is 72.1. The molecule has 1 aromatic rings. The first-order valence-electron chi connectivity index (χ1n) is 12.5. The van der Waals surface area contributed by atoms with Crippen LogP contribution in [0.15, 0.2) is 30.3 Å². The Morgan fingerprint density at radius 3 is 1.95 bits per heavy atom. The molecule has 6 atom stereocenters. The van der Waals surface area contributed by atoms with Crippen LogP contribution in [0.25, 0.3) is 0 Å². The highest BCUT2D eigenvalue weighted by molar-refractivity contribution is 5.81. The highest BCUT2D eigenvalue weighted by atomic mass is 16.7. The summed E-state index contributed by atoms with van der Waals surface area (Å²) < 4.78 is 36.9. The van der Waals surface area contributed by atoms with Crippen molar-refractivity contribution in [2.24, 2.45) is 0 Å². The fraction of sp³-hybridized carbons (Fsp3) is 0.538. The molecule has 0 radical (unpaired) electrons. The van der Waals surface area contributed by atoms with E-state index in [1.807, 2.05) is 0 Å². The van der Waals surface area contributed by atoms with Gasteiger partial charge in [-0.15, -0.1) is 0 Å². The number of methoxy groups -OCH3 is 1. The lowest BCUT2D eigenvalue weighted by molar-refractivity contribution is -0.257. The minimum atomic E-state index is -1.41. The number of esters is 5. The molecule has 2 rings (SSSR count). The highest BCUT2D eigenvalue weighted by Gasteiger charge is 2.52. The summed E-state index contributed by atoms with van der Waals surface area (Å²) in [6.07, 6.45) is -7.60. The molecule has 226 valence electrons. The molecule has 0 unspecified atom stereocenters. The van der Waals surface area contributed by atoms with Gasteiger partial charge in [-0.05, 0) is 5.56 Å². The Hall–Kier alpha value is -4.24. The van der Waals surface area contributed by atoms with E-state index in [0.29, 0.717) is 5.56 Å². The number of rotatable bonds is 12. The summed E-state index contributed by atoms with van der Waals surface area (Å²) in [5.74, 6) is -3.89. The third kappa shape index (κ3) is 11.0. The van der Waals surface area contributed by atoms with Gasteiger partial charge in [0.2, 0.25) is 0 Å². The van der Waals surface area contributed by atoms with Crippen LogP contribution >= 0.6 is 0 Å². The van der Waals surface area contributed by atoms with Gasteiger partial charge < -0.3 is 38.5 Å². The zero-order chi connectivity index (χ0) is 30.5. The fourth-order valence-corrected chi connectivity index (χ4v) is 3.87. The Kier molecular flexibility index (Phi) is 13.0. The van der Waals surface area contributed by atoms with Crippen LogP contribution in [-0.2, 0) is 63.7 Å². The van der Waals surface area contributed by atoms with E-state index in [0.717, 1.165) is 34.8 Å². The lowest BCUT2D eigenvalue weighted by Gasteiger charge is -2.44. The average Bonchev–Trinajstić information content (AvgIpc) is 2.90. The van der Waals surface area contributed by atoms with Crippen molar-refractivity contribution in [1.82, 2.24) is 10.6 Å². The van der Waals surface area contributed by atoms with Crippen LogP contribution in [0.5, 0.6) is 0 Å². The van der Waals surface area contributed by atoms with Crippen molar-refractivity contribution in [3.05, 3.63) is 35.9 Å². The van der Waals surface area contributed by atoms with E-state index in [-0.39, 0.29) is 13.2 Å². The zero-order valence-corrected chi connectivity index (χ0v) is 23.3. The molecule has 1 heterocycles. The third-order valence-corrected chi connectivity index (χ3v) is 5.50. The van der Waals surface area contributed by atoms with Gasteiger partial charge >= 0.3 is 35.9 Å². The standard InChI is InChI=1S/C26H34N2O13/c1-14(29)36-13-20-21(38-15(2)30)22(39-16(3)31)23(40-17(4)32)24(41-20)27-11-19(25(33)35-5)28-26(34)37-12-18-9-7-6-8-10-18/h6-10,19-24,27H,11-13H2,1-5H3,(H,28,34)/t19-,20+,21+,22-,23+,24+/m0/s1. The molecule has 0 bridgehead atoms. The lowest BCUT2D eigenvalue weighted by Crippen LogP contribution is -2.66. The van der Waals surface area contributed by atoms with Crippen molar-refractivity contribution >= 4 is 35.9 Å². The quantitative estimate of drug-likeness (QED) is 0.250. The first kappa shape index (κ1) is 33.0. The number of carbonyl (C=O) groups is 6. The van der Waals surface area contributed by atoms with E-state index in [1.165, 1.54) is 0 Å². The summed E-state index contributed by atoms with van der Waals surface area (Å²) in [5, 5.41) is 5.20. The van der Waals surface area contributed by atoms with Gasteiger partial charge in [-0.3, -0.25) is 24.5 Å². The second-order valence-corrected chi connectivity index (χ2v) is 8.81. The topological polar surface area (TPSA) is 191 Å². The molecule has 0 spiro atoms. The molecule has 1 saturated heterocycles. The Labute approximate surface area is 236 Å². The number of hydrogen-bond donors (Lipinski definition) is 2. The second-order valence-electron chi connectivity index (χ2n) is 8.81. The monoisotopic (exact) mass is 582 g/mol. The van der Waals surface area contributed by atoms with Crippen molar-refractivity contribution in [1.29, 1.82) is 0 Å². The largest absolute Gasteiger partial charge is 0.467 e. The van der Waals surface area contributed by atoms with E-state index >= 15 is 0 Å². The van der Waals surface area contributed by atoms with Gasteiger partial charge in [0.25, 0.3) is 0 Å². The first-order valence-corrected chi connectivity index (χ1v) is 12.5.